The topological polar surface area (TPSA) is 50.7 Å². The molecule has 2 N–H and O–H groups in total. The first-order valence-corrected chi connectivity index (χ1v) is 6.63. The number of halogens is 1. The molecule has 0 saturated heterocycles. The standard InChI is InChI=1S/C16H18FNO3/c1-20-15-6-5-14(10-16(15)21-8-7-19)18-11-12-3-2-4-13(17)9-12/h2-6,9-10,18-19H,7-8,11H2,1H3. The van der Waals surface area contributed by atoms with Crippen LogP contribution in [0.15, 0.2) is 42.5 Å². The Morgan fingerprint density at radius 2 is 2.00 bits per heavy atom. The van der Waals surface area contributed by atoms with Crippen LogP contribution < -0.4 is 14.8 Å². The number of benzene rings is 2. The molecule has 0 aliphatic heterocycles. The molecule has 21 heavy (non-hydrogen) atoms. The second-order valence-corrected chi connectivity index (χ2v) is 4.42. The van der Waals surface area contributed by atoms with Crippen LogP contribution in [0.2, 0.25) is 0 Å². The molecule has 0 spiro atoms. The van der Waals surface area contributed by atoms with Crippen LogP contribution in [0.5, 0.6) is 11.5 Å². The highest BCUT2D eigenvalue weighted by Gasteiger charge is 2.06. The average molecular weight is 291 g/mol. The Balaban J connectivity index is 2.06. The predicted octanol–water partition coefficient (Wildman–Crippen LogP) is 2.82. The zero-order valence-corrected chi connectivity index (χ0v) is 11.8. The molecule has 2 aromatic rings. The van der Waals surface area contributed by atoms with Crippen LogP contribution in [0.3, 0.4) is 0 Å². The molecule has 2 rings (SSSR count). The summed E-state index contributed by atoms with van der Waals surface area (Å²) in [5, 5.41) is 12.0. The number of hydrogen-bond acceptors (Lipinski definition) is 4. The van der Waals surface area contributed by atoms with E-state index in [-0.39, 0.29) is 19.0 Å². The quantitative estimate of drug-likeness (QED) is 0.823. The van der Waals surface area contributed by atoms with E-state index < -0.39 is 0 Å². The number of aliphatic hydroxyl groups excluding tert-OH is 1. The van der Waals surface area contributed by atoms with Gasteiger partial charge in [0.25, 0.3) is 0 Å². The van der Waals surface area contributed by atoms with Crippen molar-refractivity contribution in [2.45, 2.75) is 6.54 Å². The molecule has 112 valence electrons. The summed E-state index contributed by atoms with van der Waals surface area (Å²) in [6.07, 6.45) is 0. The maximum atomic E-state index is 13.1. The lowest BCUT2D eigenvalue weighted by atomic mass is 10.2. The van der Waals surface area contributed by atoms with Gasteiger partial charge in [0.15, 0.2) is 11.5 Å². The molecule has 2 aromatic carbocycles. The Morgan fingerprint density at radius 3 is 2.71 bits per heavy atom. The van der Waals surface area contributed by atoms with Gasteiger partial charge in [-0.1, -0.05) is 12.1 Å². The number of ether oxygens (including phenoxy) is 2. The summed E-state index contributed by atoms with van der Waals surface area (Å²) in [5.41, 5.74) is 1.68. The molecular formula is C16H18FNO3. The van der Waals surface area contributed by atoms with Crippen molar-refractivity contribution in [2.75, 3.05) is 25.6 Å². The first-order chi connectivity index (χ1) is 10.2. The largest absolute Gasteiger partial charge is 0.493 e. The lowest BCUT2D eigenvalue weighted by Gasteiger charge is -2.13. The van der Waals surface area contributed by atoms with Crippen LogP contribution in [-0.4, -0.2) is 25.4 Å². The highest BCUT2D eigenvalue weighted by Crippen LogP contribution is 2.30. The summed E-state index contributed by atoms with van der Waals surface area (Å²) in [4.78, 5) is 0. The van der Waals surface area contributed by atoms with Crippen LogP contribution in [0.4, 0.5) is 10.1 Å². The molecule has 0 fully saturated rings. The summed E-state index contributed by atoms with van der Waals surface area (Å²) >= 11 is 0. The van der Waals surface area contributed by atoms with E-state index in [0.717, 1.165) is 11.3 Å². The van der Waals surface area contributed by atoms with Crippen molar-refractivity contribution in [2.24, 2.45) is 0 Å². The van der Waals surface area contributed by atoms with E-state index in [1.165, 1.54) is 12.1 Å². The summed E-state index contributed by atoms with van der Waals surface area (Å²) in [5.74, 6) is 0.895. The third-order valence-electron chi connectivity index (χ3n) is 2.90. The van der Waals surface area contributed by atoms with Crippen molar-refractivity contribution < 1.29 is 19.0 Å². The first kappa shape index (κ1) is 15.1. The fourth-order valence-electron chi connectivity index (χ4n) is 1.91. The number of nitrogens with one attached hydrogen (secondary N) is 1. The van der Waals surface area contributed by atoms with Crippen molar-refractivity contribution >= 4 is 5.69 Å². The fraction of sp³-hybridized carbons (Fsp3) is 0.250. The first-order valence-electron chi connectivity index (χ1n) is 6.63. The summed E-state index contributed by atoms with van der Waals surface area (Å²) in [6, 6.07) is 11.8. The fourth-order valence-corrected chi connectivity index (χ4v) is 1.91. The van der Waals surface area contributed by atoms with Gasteiger partial charge in [0, 0.05) is 18.3 Å². The van der Waals surface area contributed by atoms with E-state index in [9.17, 15) is 4.39 Å². The van der Waals surface area contributed by atoms with Gasteiger partial charge < -0.3 is 19.9 Å². The highest BCUT2D eigenvalue weighted by molar-refractivity contribution is 5.55. The van der Waals surface area contributed by atoms with E-state index >= 15 is 0 Å². The maximum Gasteiger partial charge on any atom is 0.163 e. The average Bonchev–Trinajstić information content (AvgIpc) is 2.51. The Bertz CT molecular complexity index is 589. The van der Waals surface area contributed by atoms with E-state index in [1.54, 1.807) is 25.3 Å². The predicted molar refractivity (Wildman–Crippen MR) is 79.3 cm³/mol. The van der Waals surface area contributed by atoms with E-state index in [2.05, 4.69) is 5.32 Å². The van der Waals surface area contributed by atoms with Gasteiger partial charge in [-0.25, -0.2) is 4.39 Å². The number of methoxy groups -OCH3 is 1. The third kappa shape index (κ3) is 4.36. The molecule has 5 heteroatoms. The van der Waals surface area contributed by atoms with Gasteiger partial charge in [0.1, 0.15) is 12.4 Å². The molecule has 0 saturated carbocycles. The van der Waals surface area contributed by atoms with Crippen LogP contribution in [0.25, 0.3) is 0 Å². The van der Waals surface area contributed by atoms with E-state index in [0.29, 0.717) is 18.0 Å². The molecule has 0 radical (unpaired) electrons. The normalized spacial score (nSPS) is 10.2. The summed E-state index contributed by atoms with van der Waals surface area (Å²) in [7, 11) is 1.56. The minimum Gasteiger partial charge on any atom is -0.493 e. The van der Waals surface area contributed by atoms with E-state index in [1.807, 2.05) is 12.1 Å². The second-order valence-electron chi connectivity index (χ2n) is 4.42. The molecule has 0 amide bonds. The van der Waals surface area contributed by atoms with Crippen molar-refractivity contribution in [1.82, 2.24) is 0 Å². The molecule has 0 aliphatic rings. The summed E-state index contributed by atoms with van der Waals surface area (Å²) < 4.78 is 23.7. The van der Waals surface area contributed by atoms with Crippen LogP contribution in [0.1, 0.15) is 5.56 Å². The molecule has 0 unspecified atom stereocenters. The molecule has 0 bridgehead atoms. The number of aliphatic hydroxyl groups is 1. The van der Waals surface area contributed by atoms with Gasteiger partial charge in [-0.3, -0.25) is 0 Å². The number of hydrogen-bond donors (Lipinski definition) is 2. The molecule has 0 aliphatic carbocycles. The Kier molecular flexibility index (Phi) is 5.40. The molecular weight excluding hydrogens is 273 g/mol. The SMILES string of the molecule is COc1ccc(NCc2cccc(F)c2)cc1OCCO. The van der Waals surface area contributed by atoms with Gasteiger partial charge in [-0.2, -0.15) is 0 Å². The summed E-state index contributed by atoms with van der Waals surface area (Å²) in [6.45, 7) is 0.636. The highest BCUT2D eigenvalue weighted by atomic mass is 19.1. The van der Waals surface area contributed by atoms with Gasteiger partial charge in [-0.05, 0) is 29.8 Å². The number of rotatable bonds is 7. The zero-order chi connectivity index (χ0) is 15.1. The zero-order valence-electron chi connectivity index (χ0n) is 11.8. The molecule has 4 nitrogen and oxygen atoms in total. The smallest absolute Gasteiger partial charge is 0.163 e. The molecule has 0 atom stereocenters. The van der Waals surface area contributed by atoms with Gasteiger partial charge in [0.2, 0.25) is 0 Å². The molecule has 0 aromatic heterocycles. The van der Waals surface area contributed by atoms with Crippen molar-refractivity contribution in [3.05, 3.63) is 53.8 Å². The molecule has 0 heterocycles. The Morgan fingerprint density at radius 1 is 1.14 bits per heavy atom. The number of anilines is 1. The van der Waals surface area contributed by atoms with E-state index in [4.69, 9.17) is 14.6 Å². The minimum atomic E-state index is -0.254. The van der Waals surface area contributed by atoms with Gasteiger partial charge in [-0.15, -0.1) is 0 Å². The van der Waals surface area contributed by atoms with Crippen LogP contribution in [0, 0.1) is 5.82 Å². The lowest BCUT2D eigenvalue weighted by molar-refractivity contribution is 0.196. The maximum absolute atomic E-state index is 13.1. The Hall–Kier alpha value is -2.27. The van der Waals surface area contributed by atoms with Crippen molar-refractivity contribution in [3.63, 3.8) is 0 Å². The minimum absolute atomic E-state index is 0.0654. The second kappa shape index (κ2) is 7.50. The van der Waals surface area contributed by atoms with Crippen molar-refractivity contribution in [1.29, 1.82) is 0 Å². The van der Waals surface area contributed by atoms with Crippen LogP contribution >= 0.6 is 0 Å². The van der Waals surface area contributed by atoms with Crippen molar-refractivity contribution in [3.8, 4) is 11.5 Å². The van der Waals surface area contributed by atoms with Gasteiger partial charge >= 0.3 is 0 Å². The Labute approximate surface area is 123 Å². The lowest BCUT2D eigenvalue weighted by Crippen LogP contribution is -2.04. The third-order valence-corrected chi connectivity index (χ3v) is 2.90. The monoisotopic (exact) mass is 291 g/mol. The van der Waals surface area contributed by atoms with Gasteiger partial charge in [0.05, 0.1) is 13.7 Å². The van der Waals surface area contributed by atoms with Crippen LogP contribution in [-0.2, 0) is 6.54 Å².